The first kappa shape index (κ1) is 15.5. The first-order chi connectivity index (χ1) is 11.3. The van der Waals surface area contributed by atoms with Gasteiger partial charge in [-0.15, -0.1) is 0 Å². The Balaban J connectivity index is 1.47. The highest BCUT2D eigenvalue weighted by atomic mass is 32.1. The van der Waals surface area contributed by atoms with Gasteiger partial charge < -0.3 is 5.32 Å². The van der Waals surface area contributed by atoms with Gasteiger partial charge in [0.15, 0.2) is 5.11 Å². The van der Waals surface area contributed by atoms with Gasteiger partial charge in [-0.25, -0.2) is 4.99 Å². The Hall–Kier alpha value is -2.40. The summed E-state index contributed by atoms with van der Waals surface area (Å²) in [5.41, 5.74) is 5.74. The topological polar surface area (TPSA) is 39.7 Å². The summed E-state index contributed by atoms with van der Waals surface area (Å²) in [4.78, 5) is 4.47. The highest BCUT2D eigenvalue weighted by molar-refractivity contribution is 7.80. The van der Waals surface area contributed by atoms with Crippen molar-refractivity contribution in [1.29, 1.82) is 0 Å². The Morgan fingerprint density at radius 1 is 1.09 bits per heavy atom. The summed E-state index contributed by atoms with van der Waals surface area (Å²) >= 11 is 5.30. The zero-order valence-corrected chi connectivity index (χ0v) is 13.7. The molecule has 0 spiro atoms. The van der Waals surface area contributed by atoms with Gasteiger partial charge in [0.05, 0.1) is 5.69 Å². The van der Waals surface area contributed by atoms with E-state index in [2.05, 4.69) is 57.1 Å². The minimum Gasteiger partial charge on any atom is -0.360 e. The van der Waals surface area contributed by atoms with Crippen molar-refractivity contribution in [1.82, 2.24) is 10.7 Å². The van der Waals surface area contributed by atoms with Crippen LogP contribution in [0.3, 0.4) is 0 Å². The molecule has 1 heterocycles. The van der Waals surface area contributed by atoms with Crippen LogP contribution in [0.25, 0.3) is 0 Å². The van der Waals surface area contributed by atoms with E-state index in [4.69, 9.17) is 12.2 Å². The molecule has 2 aromatic rings. The fourth-order valence-electron chi connectivity index (χ4n) is 2.49. The number of nitrogens with zero attached hydrogens (tertiary/aromatic N) is 2. The van der Waals surface area contributed by atoms with Crippen molar-refractivity contribution < 1.29 is 0 Å². The van der Waals surface area contributed by atoms with E-state index in [-0.39, 0.29) is 0 Å². The molecule has 0 aliphatic carbocycles. The lowest BCUT2D eigenvalue weighted by atomic mass is 10.1. The van der Waals surface area contributed by atoms with Gasteiger partial charge in [-0.3, -0.25) is 10.4 Å². The van der Waals surface area contributed by atoms with E-state index >= 15 is 0 Å². The number of anilines is 1. The Morgan fingerprint density at radius 3 is 2.52 bits per heavy atom. The number of hydrogen-bond acceptors (Lipinski definition) is 2. The van der Waals surface area contributed by atoms with Crippen molar-refractivity contribution in [2.45, 2.75) is 12.8 Å². The predicted octanol–water partition coefficient (Wildman–Crippen LogP) is 2.92. The van der Waals surface area contributed by atoms with Crippen LogP contribution in [0.1, 0.15) is 12.0 Å². The molecule has 118 valence electrons. The maximum atomic E-state index is 5.30. The number of nitrogens with one attached hydrogen (secondary N) is 2. The van der Waals surface area contributed by atoms with E-state index in [0.29, 0.717) is 5.11 Å². The second-order valence-corrected chi connectivity index (χ2v) is 5.76. The maximum Gasteiger partial charge on any atom is 0.194 e. The third-order valence-electron chi connectivity index (χ3n) is 3.67. The normalized spacial score (nSPS) is 15.5. The smallest absolute Gasteiger partial charge is 0.194 e. The summed E-state index contributed by atoms with van der Waals surface area (Å²) in [6, 6.07) is 20.6. The molecular weight excluding hydrogens is 304 g/mol. The average Bonchev–Trinajstić information content (AvgIpc) is 3.05. The van der Waals surface area contributed by atoms with E-state index in [1.807, 2.05) is 24.3 Å². The van der Waals surface area contributed by atoms with E-state index in [1.165, 1.54) is 5.56 Å². The van der Waals surface area contributed by atoms with Crippen LogP contribution >= 0.6 is 12.2 Å². The summed E-state index contributed by atoms with van der Waals surface area (Å²) in [5.74, 6) is 0.908. The standard InChI is InChI=1S/C18H20N4S/c23-18(19-13-11-15-7-3-1-4-8-15)20-17-12-14-22(21-17)16-9-5-2-6-10-16/h1-10H,11-14H2,(H2,19,20,21,23). The maximum absolute atomic E-state index is 5.30. The van der Waals surface area contributed by atoms with E-state index < -0.39 is 0 Å². The Bertz CT molecular complexity index is 670. The Morgan fingerprint density at radius 2 is 1.78 bits per heavy atom. The molecule has 23 heavy (non-hydrogen) atoms. The molecule has 5 heteroatoms. The van der Waals surface area contributed by atoms with Crippen LogP contribution < -0.4 is 15.8 Å². The molecule has 3 rings (SSSR count). The van der Waals surface area contributed by atoms with Crippen LogP contribution in [0.15, 0.2) is 65.7 Å². The second kappa shape index (κ2) is 7.74. The molecule has 0 amide bonds. The first-order valence-corrected chi connectivity index (χ1v) is 8.21. The quantitative estimate of drug-likeness (QED) is 0.849. The van der Waals surface area contributed by atoms with Crippen LogP contribution in [0.5, 0.6) is 0 Å². The predicted molar refractivity (Wildman–Crippen MR) is 99.7 cm³/mol. The van der Waals surface area contributed by atoms with Gasteiger partial charge >= 0.3 is 0 Å². The van der Waals surface area contributed by atoms with E-state index in [9.17, 15) is 0 Å². The van der Waals surface area contributed by atoms with Crippen LogP contribution in [-0.2, 0) is 6.42 Å². The molecule has 1 aliphatic heterocycles. The molecule has 0 saturated carbocycles. The molecule has 0 bridgehead atoms. The van der Waals surface area contributed by atoms with Crippen LogP contribution in [-0.4, -0.2) is 24.0 Å². The molecule has 0 aromatic heterocycles. The summed E-state index contributed by atoms with van der Waals surface area (Å²) in [6.45, 7) is 1.69. The lowest BCUT2D eigenvalue weighted by Gasteiger charge is -2.17. The number of hydrazine groups is 1. The van der Waals surface area contributed by atoms with Gasteiger partial charge in [-0.2, -0.15) is 0 Å². The van der Waals surface area contributed by atoms with Crippen molar-refractivity contribution in [3.05, 3.63) is 66.2 Å². The molecule has 0 radical (unpaired) electrons. The van der Waals surface area contributed by atoms with E-state index in [0.717, 1.165) is 37.5 Å². The second-order valence-electron chi connectivity index (χ2n) is 5.38. The van der Waals surface area contributed by atoms with Gasteiger partial charge in [0.1, 0.15) is 5.84 Å². The molecule has 2 aromatic carbocycles. The fraction of sp³-hybridized carbons (Fsp3) is 0.222. The Labute approximate surface area is 142 Å². The summed E-state index contributed by atoms with van der Waals surface area (Å²) in [5, 5.41) is 5.83. The summed E-state index contributed by atoms with van der Waals surface area (Å²) in [7, 11) is 0. The van der Waals surface area contributed by atoms with Gasteiger partial charge in [-0.1, -0.05) is 48.5 Å². The highest BCUT2D eigenvalue weighted by Crippen LogP contribution is 2.14. The molecule has 1 aliphatic rings. The average molecular weight is 324 g/mol. The van der Waals surface area contributed by atoms with Crippen LogP contribution in [0.2, 0.25) is 0 Å². The summed E-state index contributed by atoms with van der Waals surface area (Å²) < 4.78 is 0. The molecule has 2 N–H and O–H groups in total. The van der Waals surface area contributed by atoms with E-state index in [1.54, 1.807) is 0 Å². The number of hydrogen-bond donors (Lipinski definition) is 2. The third-order valence-corrected chi connectivity index (χ3v) is 3.91. The molecule has 0 atom stereocenters. The van der Waals surface area contributed by atoms with Crippen LogP contribution in [0, 0.1) is 0 Å². The number of thiocarbonyl (C=S) groups is 1. The molecule has 4 nitrogen and oxygen atoms in total. The minimum absolute atomic E-state index is 0.540. The van der Waals surface area contributed by atoms with Crippen molar-refractivity contribution in [3.63, 3.8) is 0 Å². The van der Waals surface area contributed by atoms with Crippen molar-refractivity contribution in [2.75, 3.05) is 18.1 Å². The van der Waals surface area contributed by atoms with Gasteiger partial charge in [0.25, 0.3) is 0 Å². The summed E-state index contributed by atoms with van der Waals surface area (Å²) in [6.07, 6.45) is 1.81. The number of rotatable bonds is 4. The zero-order chi connectivity index (χ0) is 15.9. The first-order valence-electron chi connectivity index (χ1n) is 7.80. The third kappa shape index (κ3) is 4.53. The van der Waals surface area contributed by atoms with Gasteiger partial charge in [0.2, 0.25) is 0 Å². The van der Waals surface area contributed by atoms with Gasteiger partial charge in [-0.05, 0) is 36.3 Å². The Kier molecular flexibility index (Phi) is 5.21. The molecule has 0 unspecified atom stereocenters. The number of amidine groups is 1. The molecule has 1 saturated heterocycles. The minimum atomic E-state index is 0.540. The largest absolute Gasteiger partial charge is 0.360 e. The molecule has 1 fully saturated rings. The number of benzene rings is 2. The number of para-hydroxylation sites is 1. The number of aliphatic imine (C=N–C) groups is 1. The van der Waals surface area contributed by atoms with Gasteiger partial charge in [0, 0.05) is 19.5 Å². The van der Waals surface area contributed by atoms with Crippen molar-refractivity contribution in [2.24, 2.45) is 4.99 Å². The lowest BCUT2D eigenvalue weighted by molar-refractivity contribution is 0.855. The monoisotopic (exact) mass is 324 g/mol. The SMILES string of the molecule is S=C(/N=C1\CCN(c2ccccc2)N1)NCCc1ccccc1. The van der Waals surface area contributed by atoms with Crippen molar-refractivity contribution in [3.8, 4) is 0 Å². The highest BCUT2D eigenvalue weighted by Gasteiger charge is 2.17. The zero-order valence-electron chi connectivity index (χ0n) is 12.9. The lowest BCUT2D eigenvalue weighted by Crippen LogP contribution is -2.34. The van der Waals surface area contributed by atoms with Crippen LogP contribution in [0.4, 0.5) is 5.69 Å². The molecular formula is C18H20N4S. The fourth-order valence-corrected chi connectivity index (χ4v) is 2.70. The van der Waals surface area contributed by atoms with Crippen molar-refractivity contribution >= 4 is 28.9 Å².